The first-order valence-electron chi connectivity index (χ1n) is 5.21. The fraction of sp³-hybridized carbons (Fsp3) is 0.545. The Balaban J connectivity index is 2.60. The van der Waals surface area contributed by atoms with Crippen LogP contribution in [-0.4, -0.2) is 11.1 Å². The summed E-state index contributed by atoms with van der Waals surface area (Å²) in [7, 11) is 0. The van der Waals surface area contributed by atoms with Crippen molar-refractivity contribution in [1.29, 1.82) is 0 Å². The van der Waals surface area contributed by atoms with Crippen molar-refractivity contribution in [1.82, 2.24) is 0 Å². The predicted octanol–water partition coefficient (Wildman–Crippen LogP) is 3.77. The van der Waals surface area contributed by atoms with E-state index in [0.717, 1.165) is 0 Å². The molecule has 1 heterocycles. The van der Waals surface area contributed by atoms with Crippen LogP contribution in [-0.2, 0) is 4.79 Å². The molecule has 16 heavy (non-hydrogen) atoms. The predicted molar refractivity (Wildman–Crippen MR) is 58.8 cm³/mol. The van der Waals surface area contributed by atoms with Gasteiger partial charge < -0.3 is 5.11 Å². The van der Waals surface area contributed by atoms with Crippen LogP contribution in [0.25, 0.3) is 0 Å². The molecule has 90 valence electrons. The van der Waals surface area contributed by atoms with Gasteiger partial charge in [-0.3, -0.25) is 4.79 Å². The molecular formula is C11H14F2O2S. The molecule has 1 N–H and O–H groups in total. The van der Waals surface area contributed by atoms with Crippen molar-refractivity contribution < 1.29 is 18.7 Å². The van der Waals surface area contributed by atoms with Gasteiger partial charge in [0.1, 0.15) is 0 Å². The number of carbonyl (C=O) groups is 1. The highest BCUT2D eigenvalue weighted by Gasteiger charge is 2.17. The van der Waals surface area contributed by atoms with Gasteiger partial charge in [-0.1, -0.05) is 18.3 Å². The zero-order valence-corrected chi connectivity index (χ0v) is 9.82. The minimum atomic E-state index is -0.855. The molecule has 1 aromatic heterocycles. The maximum Gasteiger partial charge on any atom is 0.303 e. The van der Waals surface area contributed by atoms with Gasteiger partial charge in [0, 0.05) is 12.0 Å². The molecule has 0 radical (unpaired) electrons. The second-order valence-electron chi connectivity index (χ2n) is 3.67. The lowest BCUT2D eigenvalue weighted by Crippen LogP contribution is -2.01. The minimum Gasteiger partial charge on any atom is -0.481 e. The van der Waals surface area contributed by atoms with Crippen molar-refractivity contribution >= 4 is 17.3 Å². The summed E-state index contributed by atoms with van der Waals surface area (Å²) in [4.78, 5) is 10.3. The average Bonchev–Trinajstić information content (AvgIpc) is 2.52. The van der Waals surface area contributed by atoms with Gasteiger partial charge in [0.15, 0.2) is 10.3 Å². The molecule has 0 aliphatic heterocycles. The summed E-state index contributed by atoms with van der Waals surface area (Å²) in [5.74, 6) is -0.938. The van der Waals surface area contributed by atoms with Crippen LogP contribution >= 0.6 is 11.3 Å². The van der Waals surface area contributed by atoms with E-state index >= 15 is 0 Å². The molecule has 0 bridgehead atoms. The second kappa shape index (κ2) is 5.94. The molecule has 0 spiro atoms. The average molecular weight is 248 g/mol. The number of halogens is 2. The highest BCUT2D eigenvalue weighted by molar-refractivity contribution is 7.08. The monoisotopic (exact) mass is 248 g/mol. The van der Waals surface area contributed by atoms with Gasteiger partial charge in [0.05, 0.1) is 0 Å². The molecule has 0 aromatic carbocycles. The fourth-order valence-electron chi connectivity index (χ4n) is 1.71. The summed E-state index contributed by atoms with van der Waals surface area (Å²) in [5, 5.41) is 7.49. The van der Waals surface area contributed by atoms with Gasteiger partial charge in [-0.15, -0.1) is 0 Å². The van der Waals surface area contributed by atoms with E-state index in [1.807, 2.05) is 6.92 Å². The number of aliphatic carboxylic acids is 1. The number of thiophene rings is 1. The zero-order valence-electron chi connectivity index (χ0n) is 9.00. The Morgan fingerprint density at radius 1 is 1.56 bits per heavy atom. The van der Waals surface area contributed by atoms with Gasteiger partial charge in [-0.25, -0.2) is 0 Å². The summed E-state index contributed by atoms with van der Waals surface area (Å²) in [6, 6.07) is 1.22. The maximum absolute atomic E-state index is 13.3. The molecular weight excluding hydrogens is 234 g/mol. The number of rotatable bonds is 6. The maximum atomic E-state index is 13.3. The van der Waals surface area contributed by atoms with Crippen LogP contribution in [0.15, 0.2) is 6.07 Å². The molecule has 0 amide bonds. The van der Waals surface area contributed by atoms with E-state index in [1.54, 1.807) is 0 Å². The van der Waals surface area contributed by atoms with Gasteiger partial charge in [0.2, 0.25) is 0 Å². The summed E-state index contributed by atoms with van der Waals surface area (Å²) >= 11 is 0.503. The molecule has 1 aromatic rings. The van der Waals surface area contributed by atoms with E-state index < -0.39 is 16.2 Å². The molecule has 0 saturated carbocycles. The molecule has 1 unspecified atom stereocenters. The Bertz CT molecular complexity index is 363. The van der Waals surface area contributed by atoms with Crippen LogP contribution in [0.1, 0.15) is 44.1 Å². The van der Waals surface area contributed by atoms with Crippen molar-refractivity contribution in [2.24, 2.45) is 0 Å². The van der Waals surface area contributed by atoms with E-state index in [1.165, 1.54) is 6.07 Å². The van der Waals surface area contributed by atoms with E-state index in [9.17, 15) is 13.6 Å². The van der Waals surface area contributed by atoms with Crippen molar-refractivity contribution in [2.45, 2.75) is 38.5 Å². The Morgan fingerprint density at radius 2 is 2.25 bits per heavy atom. The summed E-state index contributed by atoms with van der Waals surface area (Å²) in [6.07, 6.45) is 1.83. The van der Waals surface area contributed by atoms with Crippen LogP contribution in [0.3, 0.4) is 0 Å². The number of carboxylic acids is 1. The Hall–Kier alpha value is -0.970. The highest BCUT2D eigenvalue weighted by Crippen LogP contribution is 2.31. The van der Waals surface area contributed by atoms with E-state index in [-0.39, 0.29) is 12.3 Å². The van der Waals surface area contributed by atoms with Crippen LogP contribution in [0.2, 0.25) is 0 Å². The molecule has 2 nitrogen and oxygen atoms in total. The van der Waals surface area contributed by atoms with Crippen LogP contribution in [0.4, 0.5) is 8.78 Å². The third kappa shape index (κ3) is 3.56. The van der Waals surface area contributed by atoms with E-state index in [0.29, 0.717) is 36.2 Å². The van der Waals surface area contributed by atoms with Crippen molar-refractivity contribution in [2.75, 3.05) is 0 Å². The lowest BCUT2D eigenvalue weighted by molar-refractivity contribution is -0.137. The Kier molecular flexibility index (Phi) is 4.86. The van der Waals surface area contributed by atoms with Gasteiger partial charge in [0.25, 0.3) is 0 Å². The third-order valence-electron chi connectivity index (χ3n) is 2.56. The topological polar surface area (TPSA) is 37.3 Å². The fourth-order valence-corrected chi connectivity index (χ4v) is 2.41. The van der Waals surface area contributed by atoms with Crippen LogP contribution < -0.4 is 0 Å². The Labute approximate surface area is 96.9 Å². The summed E-state index contributed by atoms with van der Waals surface area (Å²) < 4.78 is 26.1. The second-order valence-corrected chi connectivity index (χ2v) is 4.62. The summed E-state index contributed by atoms with van der Waals surface area (Å²) in [5.41, 5.74) is 0.385. The number of carboxylic acid groups (broad SMARTS) is 1. The van der Waals surface area contributed by atoms with Crippen molar-refractivity contribution in [3.8, 4) is 0 Å². The van der Waals surface area contributed by atoms with Gasteiger partial charge in [-0.2, -0.15) is 8.78 Å². The normalized spacial score (nSPS) is 12.7. The number of hydrogen-bond acceptors (Lipinski definition) is 2. The Morgan fingerprint density at radius 3 is 2.69 bits per heavy atom. The standard InChI is InChI=1S/C11H14F2O2S/c1-2-7(4-3-5-10(14)15)8-6-9(12)16-11(8)13/h6-7H,2-5H2,1H3,(H,14,15). The quantitative estimate of drug-likeness (QED) is 0.832. The van der Waals surface area contributed by atoms with E-state index in [2.05, 4.69) is 0 Å². The zero-order chi connectivity index (χ0) is 12.1. The van der Waals surface area contributed by atoms with Gasteiger partial charge >= 0.3 is 5.97 Å². The minimum absolute atomic E-state index is 0.0741. The van der Waals surface area contributed by atoms with Crippen LogP contribution in [0, 0.1) is 10.3 Å². The third-order valence-corrected chi connectivity index (χ3v) is 3.29. The lowest BCUT2D eigenvalue weighted by Gasteiger charge is -2.12. The summed E-state index contributed by atoms with van der Waals surface area (Å²) in [6.45, 7) is 1.89. The van der Waals surface area contributed by atoms with Crippen molar-refractivity contribution in [3.63, 3.8) is 0 Å². The number of hydrogen-bond donors (Lipinski definition) is 1. The van der Waals surface area contributed by atoms with E-state index in [4.69, 9.17) is 5.11 Å². The first kappa shape index (κ1) is 13.1. The molecule has 1 rings (SSSR count). The molecule has 1 atom stereocenters. The largest absolute Gasteiger partial charge is 0.481 e. The first-order chi connectivity index (χ1) is 7.54. The molecule has 5 heteroatoms. The molecule has 0 aliphatic carbocycles. The molecule has 0 saturated heterocycles. The highest BCUT2D eigenvalue weighted by atomic mass is 32.1. The first-order valence-corrected chi connectivity index (χ1v) is 6.02. The SMILES string of the molecule is CCC(CCCC(=O)O)c1cc(F)sc1F. The van der Waals surface area contributed by atoms with Gasteiger partial charge in [-0.05, 0) is 31.2 Å². The molecule has 0 fully saturated rings. The lowest BCUT2D eigenvalue weighted by atomic mass is 9.93. The van der Waals surface area contributed by atoms with Crippen LogP contribution in [0.5, 0.6) is 0 Å². The van der Waals surface area contributed by atoms with Crippen molar-refractivity contribution in [3.05, 3.63) is 21.9 Å². The molecule has 0 aliphatic rings. The smallest absolute Gasteiger partial charge is 0.303 e.